The predicted molar refractivity (Wildman–Crippen MR) is 80.0 cm³/mol. The maximum Gasteiger partial charge on any atom is 0.416 e. The van der Waals surface area contributed by atoms with Gasteiger partial charge in [-0.25, -0.2) is 0 Å². The van der Waals surface area contributed by atoms with Gasteiger partial charge in [0.15, 0.2) is 5.78 Å². The third kappa shape index (κ3) is 3.24. The Morgan fingerprint density at radius 2 is 2.14 bits per heavy atom. The van der Waals surface area contributed by atoms with Crippen molar-refractivity contribution in [2.24, 2.45) is 5.92 Å². The smallest absolute Gasteiger partial charge is 0.388 e. The molecule has 0 spiro atoms. The van der Waals surface area contributed by atoms with Crippen molar-refractivity contribution in [2.45, 2.75) is 25.9 Å². The zero-order valence-electron chi connectivity index (χ0n) is 12.3. The molecular weight excluding hydrogens is 291 g/mol. The van der Waals surface area contributed by atoms with Crippen molar-refractivity contribution in [3.05, 3.63) is 53.7 Å². The third-order valence-electron chi connectivity index (χ3n) is 3.69. The zero-order valence-corrected chi connectivity index (χ0v) is 12.3. The molecule has 0 fully saturated rings. The number of carbonyl (C=O) groups is 1. The summed E-state index contributed by atoms with van der Waals surface area (Å²) in [6.45, 7) is 6.14. The number of hydrogen-bond donors (Lipinski definition) is 1. The Morgan fingerprint density at radius 3 is 2.73 bits per heavy atom. The van der Waals surface area contributed by atoms with Crippen LogP contribution in [0.3, 0.4) is 0 Å². The van der Waals surface area contributed by atoms with E-state index in [-0.39, 0.29) is 11.7 Å². The number of rotatable bonds is 5. The van der Waals surface area contributed by atoms with E-state index in [2.05, 4.69) is 11.9 Å². The van der Waals surface area contributed by atoms with Crippen molar-refractivity contribution >= 4 is 11.4 Å². The Hall–Kier alpha value is -2.04. The van der Waals surface area contributed by atoms with E-state index in [1.165, 1.54) is 6.07 Å². The van der Waals surface area contributed by atoms with Crippen LogP contribution in [0.1, 0.15) is 30.9 Å². The monoisotopic (exact) mass is 309 g/mol. The summed E-state index contributed by atoms with van der Waals surface area (Å²) in [6.07, 6.45) is -1.71. The molecule has 1 atom stereocenters. The fourth-order valence-corrected chi connectivity index (χ4v) is 2.73. The van der Waals surface area contributed by atoms with Crippen molar-refractivity contribution in [1.29, 1.82) is 0 Å². The number of alkyl halides is 3. The minimum Gasteiger partial charge on any atom is -0.388 e. The third-order valence-corrected chi connectivity index (χ3v) is 3.69. The van der Waals surface area contributed by atoms with Gasteiger partial charge in [0.25, 0.3) is 0 Å². The van der Waals surface area contributed by atoms with Gasteiger partial charge in [-0.15, -0.1) is 6.58 Å². The molecule has 0 saturated carbocycles. The highest BCUT2D eigenvalue weighted by atomic mass is 19.4. The number of allylic oxidation sites excluding steroid dienone is 3. The number of halogens is 3. The normalized spacial score (nSPS) is 18.7. The lowest BCUT2D eigenvalue weighted by Crippen LogP contribution is -2.12. The summed E-state index contributed by atoms with van der Waals surface area (Å²) in [4.78, 5) is 12.5. The van der Waals surface area contributed by atoms with Crippen molar-refractivity contribution in [3.8, 4) is 0 Å². The van der Waals surface area contributed by atoms with E-state index in [9.17, 15) is 18.0 Å². The van der Waals surface area contributed by atoms with E-state index in [4.69, 9.17) is 0 Å². The minimum absolute atomic E-state index is 0.116. The molecule has 1 aliphatic rings. The number of benzene rings is 1. The highest BCUT2D eigenvalue weighted by Crippen LogP contribution is 2.37. The first-order valence-electron chi connectivity index (χ1n) is 7.18. The number of Topliss-reactive ketones (excluding diaryl/α,β-unsaturated/α-hetero) is 1. The van der Waals surface area contributed by atoms with Crippen LogP contribution in [-0.4, -0.2) is 12.3 Å². The molecule has 1 aromatic rings. The number of ketones is 1. The van der Waals surface area contributed by atoms with Crippen LogP contribution in [0.4, 0.5) is 13.2 Å². The quantitative estimate of drug-likeness (QED) is 0.826. The minimum atomic E-state index is -4.42. The number of carbonyl (C=O) groups excluding carboxylic acids is 1. The van der Waals surface area contributed by atoms with Crippen LogP contribution in [0.5, 0.6) is 0 Å². The molecule has 0 aliphatic heterocycles. The largest absolute Gasteiger partial charge is 0.416 e. The van der Waals surface area contributed by atoms with E-state index in [0.717, 1.165) is 17.8 Å². The average molecular weight is 309 g/mol. The first kappa shape index (κ1) is 16.3. The fraction of sp³-hybridized carbons (Fsp3) is 0.353. The van der Waals surface area contributed by atoms with Gasteiger partial charge in [0.05, 0.1) is 5.56 Å². The maximum atomic E-state index is 12.9. The summed E-state index contributed by atoms with van der Waals surface area (Å²) in [5.74, 6) is -0.355. The Morgan fingerprint density at radius 1 is 1.41 bits per heavy atom. The van der Waals surface area contributed by atoms with Gasteiger partial charge < -0.3 is 5.32 Å². The van der Waals surface area contributed by atoms with E-state index in [1.54, 1.807) is 12.1 Å². The molecule has 1 N–H and O–H groups in total. The van der Waals surface area contributed by atoms with Crippen molar-refractivity contribution in [3.63, 3.8) is 0 Å². The lowest BCUT2D eigenvalue weighted by Gasteiger charge is -2.11. The molecule has 0 amide bonds. The summed E-state index contributed by atoms with van der Waals surface area (Å²) in [7, 11) is 0. The van der Waals surface area contributed by atoms with Gasteiger partial charge in [0.2, 0.25) is 0 Å². The molecule has 0 aromatic heterocycles. The van der Waals surface area contributed by atoms with Crippen molar-refractivity contribution < 1.29 is 18.0 Å². The zero-order chi connectivity index (χ0) is 16.3. The molecule has 0 radical (unpaired) electrons. The molecule has 5 heteroatoms. The van der Waals surface area contributed by atoms with E-state index < -0.39 is 11.7 Å². The van der Waals surface area contributed by atoms with Crippen LogP contribution in [0.25, 0.3) is 5.57 Å². The van der Waals surface area contributed by atoms with Crippen LogP contribution in [-0.2, 0) is 11.0 Å². The maximum absolute atomic E-state index is 12.9. The van der Waals surface area contributed by atoms with Crippen LogP contribution in [0.2, 0.25) is 0 Å². The lowest BCUT2D eigenvalue weighted by atomic mass is 9.96. The second kappa shape index (κ2) is 6.38. The van der Waals surface area contributed by atoms with Crippen LogP contribution < -0.4 is 5.32 Å². The standard InChI is InChI=1S/C17H18F3NO/c1-3-6-12-10-14(21-4-2)15(16(12)22)11-7-5-8-13(9-11)17(18,19)20/h3,5,7-9,12,21H,1,4,6,10H2,2H3. The van der Waals surface area contributed by atoms with Gasteiger partial charge >= 0.3 is 6.18 Å². The molecule has 1 aromatic carbocycles. The first-order chi connectivity index (χ1) is 10.4. The van der Waals surface area contributed by atoms with Crippen LogP contribution in [0, 0.1) is 5.92 Å². The fourth-order valence-electron chi connectivity index (χ4n) is 2.73. The van der Waals surface area contributed by atoms with Crippen molar-refractivity contribution in [1.82, 2.24) is 5.32 Å². The molecule has 22 heavy (non-hydrogen) atoms. The van der Waals surface area contributed by atoms with Gasteiger partial charge in [-0.2, -0.15) is 13.2 Å². The Labute approximate surface area is 127 Å². The Kier molecular flexibility index (Phi) is 4.74. The first-order valence-corrected chi connectivity index (χ1v) is 7.18. The van der Waals surface area contributed by atoms with Crippen molar-refractivity contribution in [2.75, 3.05) is 6.54 Å². The van der Waals surface area contributed by atoms with E-state index >= 15 is 0 Å². The Bertz CT molecular complexity index is 617. The summed E-state index contributed by atoms with van der Waals surface area (Å²) in [5.41, 5.74) is 0.675. The SMILES string of the molecule is C=CCC1CC(NCC)=C(c2cccc(C(F)(F)F)c2)C1=O. The molecule has 118 valence electrons. The van der Waals surface area contributed by atoms with E-state index in [0.29, 0.717) is 30.5 Å². The lowest BCUT2D eigenvalue weighted by molar-refractivity contribution is -0.137. The molecule has 0 saturated heterocycles. The van der Waals surface area contributed by atoms with Gasteiger partial charge in [-0.05, 0) is 37.5 Å². The number of hydrogen-bond acceptors (Lipinski definition) is 2. The molecule has 2 rings (SSSR count). The summed E-state index contributed by atoms with van der Waals surface area (Å²) in [5, 5.41) is 3.11. The van der Waals surface area contributed by atoms with Gasteiger partial charge in [0, 0.05) is 23.7 Å². The Balaban J connectivity index is 2.45. The molecule has 0 bridgehead atoms. The summed E-state index contributed by atoms with van der Waals surface area (Å²) < 4.78 is 38.6. The van der Waals surface area contributed by atoms with Crippen LogP contribution >= 0.6 is 0 Å². The topological polar surface area (TPSA) is 29.1 Å². The average Bonchev–Trinajstić information content (AvgIpc) is 2.75. The second-order valence-corrected chi connectivity index (χ2v) is 5.25. The van der Waals surface area contributed by atoms with Crippen LogP contribution in [0.15, 0.2) is 42.6 Å². The molecule has 1 aliphatic carbocycles. The highest BCUT2D eigenvalue weighted by Gasteiger charge is 2.35. The van der Waals surface area contributed by atoms with Gasteiger partial charge in [-0.3, -0.25) is 4.79 Å². The molecular formula is C17H18F3NO. The summed E-state index contributed by atoms with van der Waals surface area (Å²) >= 11 is 0. The predicted octanol–water partition coefficient (Wildman–Crippen LogP) is 4.19. The molecule has 0 heterocycles. The van der Waals surface area contributed by atoms with E-state index in [1.807, 2.05) is 6.92 Å². The second-order valence-electron chi connectivity index (χ2n) is 5.25. The molecule has 2 nitrogen and oxygen atoms in total. The van der Waals surface area contributed by atoms with Gasteiger partial charge in [0.1, 0.15) is 0 Å². The highest BCUT2D eigenvalue weighted by molar-refractivity contribution is 6.24. The van der Waals surface area contributed by atoms with Gasteiger partial charge in [-0.1, -0.05) is 18.2 Å². The number of nitrogens with one attached hydrogen (secondary N) is 1. The summed E-state index contributed by atoms with van der Waals surface area (Å²) in [6, 6.07) is 4.94. The molecule has 1 unspecified atom stereocenters.